The molecule has 17 heavy (non-hydrogen) atoms. The third kappa shape index (κ3) is 4.07. The van der Waals surface area contributed by atoms with Gasteiger partial charge in [-0.15, -0.1) is 11.3 Å². The molecule has 1 aromatic rings. The highest BCUT2D eigenvalue weighted by atomic mass is 32.1. The average molecular weight is 256 g/mol. The maximum Gasteiger partial charge on any atom is 0.409 e. The molecule has 6 heteroatoms. The summed E-state index contributed by atoms with van der Waals surface area (Å²) in [4.78, 5) is 25.0. The van der Waals surface area contributed by atoms with E-state index in [1.807, 2.05) is 24.4 Å². The van der Waals surface area contributed by atoms with Crippen LogP contribution in [0.5, 0.6) is 0 Å². The van der Waals surface area contributed by atoms with Crippen LogP contribution in [-0.4, -0.2) is 37.6 Å². The zero-order valence-electron chi connectivity index (χ0n) is 10.1. The van der Waals surface area contributed by atoms with Gasteiger partial charge in [0, 0.05) is 11.9 Å². The van der Waals surface area contributed by atoms with E-state index in [9.17, 15) is 9.59 Å². The normalized spacial score (nSPS) is 11.7. The van der Waals surface area contributed by atoms with Crippen molar-refractivity contribution in [2.24, 2.45) is 0 Å². The maximum absolute atomic E-state index is 11.6. The van der Waals surface area contributed by atoms with Gasteiger partial charge in [0.05, 0.1) is 13.2 Å². The number of likely N-dealkylation sites (N-methyl/N-ethyl adjacent to an activating group) is 1. The molecular formula is C11H16N2O3S. The van der Waals surface area contributed by atoms with Gasteiger partial charge in [-0.1, -0.05) is 6.07 Å². The lowest BCUT2D eigenvalue weighted by atomic mass is 10.3. The highest BCUT2D eigenvalue weighted by molar-refractivity contribution is 7.10. The fourth-order valence-electron chi connectivity index (χ4n) is 1.33. The van der Waals surface area contributed by atoms with Crippen LogP contribution < -0.4 is 5.32 Å². The van der Waals surface area contributed by atoms with E-state index in [4.69, 9.17) is 0 Å². The second kappa shape index (κ2) is 6.24. The Kier molecular flexibility index (Phi) is 4.96. The minimum absolute atomic E-state index is 0.0115. The van der Waals surface area contributed by atoms with E-state index in [-0.39, 0.29) is 18.5 Å². The second-order valence-corrected chi connectivity index (χ2v) is 4.61. The first-order valence-corrected chi connectivity index (χ1v) is 6.04. The summed E-state index contributed by atoms with van der Waals surface area (Å²) in [5, 5.41) is 4.77. The smallest absolute Gasteiger partial charge is 0.409 e. The number of methoxy groups -OCH3 is 1. The van der Waals surface area contributed by atoms with Gasteiger partial charge in [-0.2, -0.15) is 0 Å². The van der Waals surface area contributed by atoms with Gasteiger partial charge in [0.1, 0.15) is 6.54 Å². The van der Waals surface area contributed by atoms with Gasteiger partial charge in [0.25, 0.3) is 0 Å². The van der Waals surface area contributed by atoms with Gasteiger partial charge >= 0.3 is 6.09 Å². The molecule has 0 aliphatic heterocycles. The van der Waals surface area contributed by atoms with Gasteiger partial charge in [-0.05, 0) is 18.4 Å². The Labute approximate surface area is 104 Å². The summed E-state index contributed by atoms with van der Waals surface area (Å²) in [6, 6.07) is 3.84. The molecule has 1 aromatic heterocycles. The van der Waals surface area contributed by atoms with Crippen molar-refractivity contribution in [2.45, 2.75) is 13.0 Å². The molecule has 5 nitrogen and oxygen atoms in total. The lowest BCUT2D eigenvalue weighted by Crippen LogP contribution is -2.39. The zero-order chi connectivity index (χ0) is 12.8. The minimum atomic E-state index is -0.524. The average Bonchev–Trinajstić information content (AvgIpc) is 2.80. The van der Waals surface area contributed by atoms with Crippen LogP contribution in [0.1, 0.15) is 17.8 Å². The Morgan fingerprint density at radius 2 is 2.29 bits per heavy atom. The number of carbonyl (C=O) groups excluding carboxylic acids is 2. The van der Waals surface area contributed by atoms with E-state index >= 15 is 0 Å². The fourth-order valence-corrected chi connectivity index (χ4v) is 2.07. The summed E-state index contributed by atoms with van der Waals surface area (Å²) < 4.78 is 4.50. The van der Waals surface area contributed by atoms with Gasteiger partial charge in [0.2, 0.25) is 5.91 Å². The quantitative estimate of drug-likeness (QED) is 0.890. The van der Waals surface area contributed by atoms with Crippen molar-refractivity contribution in [2.75, 3.05) is 20.7 Å². The van der Waals surface area contributed by atoms with Gasteiger partial charge in [-0.3, -0.25) is 4.79 Å². The van der Waals surface area contributed by atoms with Crippen molar-refractivity contribution in [1.82, 2.24) is 10.2 Å². The van der Waals surface area contributed by atoms with E-state index in [2.05, 4.69) is 10.1 Å². The topological polar surface area (TPSA) is 58.6 Å². The molecule has 1 heterocycles. The van der Waals surface area contributed by atoms with E-state index in [0.29, 0.717) is 0 Å². The fraction of sp³-hybridized carbons (Fsp3) is 0.455. The van der Waals surface area contributed by atoms with Crippen LogP contribution in [0.15, 0.2) is 17.5 Å². The molecule has 2 amide bonds. The van der Waals surface area contributed by atoms with E-state index in [0.717, 1.165) is 4.88 Å². The van der Waals surface area contributed by atoms with E-state index < -0.39 is 6.09 Å². The molecule has 0 aliphatic rings. The molecule has 1 unspecified atom stereocenters. The zero-order valence-corrected chi connectivity index (χ0v) is 10.9. The molecule has 0 aliphatic carbocycles. The number of ether oxygens (including phenoxy) is 1. The van der Waals surface area contributed by atoms with Gasteiger partial charge < -0.3 is 15.0 Å². The summed E-state index contributed by atoms with van der Waals surface area (Å²) in [6.45, 7) is 1.89. The lowest BCUT2D eigenvalue weighted by Gasteiger charge is -2.17. The van der Waals surface area contributed by atoms with Crippen LogP contribution in [0.3, 0.4) is 0 Å². The largest absolute Gasteiger partial charge is 0.453 e. The van der Waals surface area contributed by atoms with Crippen molar-refractivity contribution >= 4 is 23.3 Å². The highest BCUT2D eigenvalue weighted by Crippen LogP contribution is 2.17. The minimum Gasteiger partial charge on any atom is -0.453 e. The van der Waals surface area contributed by atoms with Crippen molar-refractivity contribution in [1.29, 1.82) is 0 Å². The molecule has 0 spiro atoms. The highest BCUT2D eigenvalue weighted by Gasteiger charge is 2.15. The van der Waals surface area contributed by atoms with Crippen LogP contribution in [0.2, 0.25) is 0 Å². The van der Waals surface area contributed by atoms with Gasteiger partial charge in [0.15, 0.2) is 0 Å². The Morgan fingerprint density at radius 1 is 1.59 bits per heavy atom. The first-order valence-electron chi connectivity index (χ1n) is 5.16. The number of hydrogen-bond donors (Lipinski definition) is 1. The van der Waals surface area contributed by atoms with E-state index in [1.165, 1.54) is 19.1 Å². The summed E-state index contributed by atoms with van der Waals surface area (Å²) in [6.07, 6.45) is -0.524. The lowest BCUT2D eigenvalue weighted by molar-refractivity contribution is -0.122. The molecule has 1 atom stereocenters. The van der Waals surface area contributed by atoms with Crippen molar-refractivity contribution in [3.05, 3.63) is 22.4 Å². The number of nitrogens with zero attached hydrogens (tertiary/aromatic N) is 1. The summed E-state index contributed by atoms with van der Waals surface area (Å²) in [7, 11) is 2.80. The number of thiophene rings is 1. The molecule has 0 saturated heterocycles. The standard InChI is InChI=1S/C11H16N2O3S/c1-8(9-5-4-6-17-9)12-10(14)7-13(2)11(15)16-3/h4-6,8H,7H2,1-3H3,(H,12,14). The molecule has 0 fully saturated rings. The van der Waals surface area contributed by atoms with Crippen LogP contribution in [0.25, 0.3) is 0 Å². The maximum atomic E-state index is 11.6. The Bertz CT molecular complexity index is 378. The number of carbonyl (C=O) groups is 2. The molecular weight excluding hydrogens is 240 g/mol. The summed E-state index contributed by atoms with van der Waals surface area (Å²) in [5.74, 6) is -0.209. The number of rotatable bonds is 4. The summed E-state index contributed by atoms with van der Waals surface area (Å²) >= 11 is 1.58. The molecule has 0 aromatic carbocycles. The number of hydrogen-bond acceptors (Lipinski definition) is 4. The third-order valence-corrected chi connectivity index (χ3v) is 3.27. The predicted molar refractivity (Wildman–Crippen MR) is 65.9 cm³/mol. The van der Waals surface area contributed by atoms with E-state index in [1.54, 1.807) is 11.3 Å². The van der Waals surface area contributed by atoms with Crippen molar-refractivity contribution in [3.63, 3.8) is 0 Å². The SMILES string of the molecule is COC(=O)N(C)CC(=O)NC(C)c1cccs1. The third-order valence-electron chi connectivity index (χ3n) is 2.21. The molecule has 1 N–H and O–H groups in total. The monoisotopic (exact) mass is 256 g/mol. The first kappa shape index (κ1) is 13.5. The van der Waals surface area contributed by atoms with Crippen LogP contribution in [0.4, 0.5) is 4.79 Å². The van der Waals surface area contributed by atoms with Gasteiger partial charge in [-0.25, -0.2) is 4.79 Å². The molecule has 0 bridgehead atoms. The Morgan fingerprint density at radius 3 is 2.82 bits per heavy atom. The number of amides is 2. The first-order chi connectivity index (χ1) is 8.04. The molecule has 0 saturated carbocycles. The van der Waals surface area contributed by atoms with Crippen molar-refractivity contribution in [3.8, 4) is 0 Å². The van der Waals surface area contributed by atoms with Crippen LogP contribution >= 0.6 is 11.3 Å². The van der Waals surface area contributed by atoms with Crippen LogP contribution in [-0.2, 0) is 9.53 Å². The van der Waals surface area contributed by atoms with Crippen LogP contribution in [0, 0.1) is 0 Å². The predicted octanol–water partition coefficient (Wildman–Crippen LogP) is 1.62. The number of nitrogens with one attached hydrogen (secondary N) is 1. The molecule has 0 radical (unpaired) electrons. The van der Waals surface area contributed by atoms with Crippen molar-refractivity contribution < 1.29 is 14.3 Å². The molecule has 94 valence electrons. The summed E-state index contributed by atoms with van der Waals surface area (Å²) in [5.41, 5.74) is 0. The second-order valence-electron chi connectivity index (χ2n) is 3.63. The Balaban J connectivity index is 2.42. The Hall–Kier alpha value is -1.56. The molecule has 1 rings (SSSR count).